The van der Waals surface area contributed by atoms with Gasteiger partial charge in [-0.15, -0.1) is 0 Å². The summed E-state index contributed by atoms with van der Waals surface area (Å²) in [5.41, 5.74) is 0.311. The number of nitrogens with one attached hydrogen (secondary N) is 1. The molecule has 9 heteroatoms. The van der Waals surface area contributed by atoms with Crippen LogP contribution in [-0.4, -0.2) is 39.0 Å². The first-order valence-corrected chi connectivity index (χ1v) is 5.77. The summed E-state index contributed by atoms with van der Waals surface area (Å²) in [5.74, 6) is -3.48. The summed E-state index contributed by atoms with van der Waals surface area (Å²) in [6, 6.07) is 3.64. The number of nitro groups is 1. The van der Waals surface area contributed by atoms with E-state index in [0.29, 0.717) is 5.56 Å². The summed E-state index contributed by atoms with van der Waals surface area (Å²) >= 11 is 0. The molecular weight excluding hydrogens is 284 g/mol. The van der Waals surface area contributed by atoms with Crippen LogP contribution in [0.4, 0.5) is 5.69 Å². The lowest BCUT2D eigenvalue weighted by Gasteiger charge is -2.12. The molecule has 0 spiro atoms. The number of non-ortho nitro benzene ring substituents is 1. The Balaban J connectivity index is 2.65. The molecule has 1 atom stereocenters. The number of amides is 1. The highest BCUT2D eigenvalue weighted by atomic mass is 16.6. The van der Waals surface area contributed by atoms with E-state index in [1.807, 2.05) is 0 Å². The zero-order chi connectivity index (χ0) is 16.0. The second-order valence-corrected chi connectivity index (χ2v) is 4.16. The number of carbonyl (C=O) groups is 3. The van der Waals surface area contributed by atoms with Crippen LogP contribution in [0.15, 0.2) is 24.3 Å². The quantitative estimate of drug-likeness (QED) is 0.480. The minimum Gasteiger partial charge on any atom is -0.481 e. The third-order valence-electron chi connectivity index (χ3n) is 2.52. The molecule has 1 rings (SSSR count). The Bertz CT molecular complexity index is 567. The molecule has 0 heterocycles. The van der Waals surface area contributed by atoms with Gasteiger partial charge in [-0.2, -0.15) is 0 Å². The van der Waals surface area contributed by atoms with Crippen LogP contribution in [0.1, 0.15) is 12.0 Å². The van der Waals surface area contributed by atoms with Gasteiger partial charge in [0.1, 0.15) is 6.04 Å². The summed E-state index contributed by atoms with van der Waals surface area (Å²) in [5, 5.41) is 29.9. The molecule has 9 nitrogen and oxygen atoms in total. The predicted octanol–water partition coefficient (Wildman–Crippen LogP) is 0.181. The van der Waals surface area contributed by atoms with Crippen molar-refractivity contribution in [2.24, 2.45) is 0 Å². The molecule has 0 fully saturated rings. The Kier molecular flexibility index (Phi) is 5.35. The fourth-order valence-corrected chi connectivity index (χ4v) is 1.54. The fourth-order valence-electron chi connectivity index (χ4n) is 1.54. The summed E-state index contributed by atoms with van der Waals surface area (Å²) in [6.45, 7) is 0. The molecule has 0 aromatic heterocycles. The summed E-state index contributed by atoms with van der Waals surface area (Å²) in [6.07, 6.45) is -0.942. The summed E-state index contributed by atoms with van der Waals surface area (Å²) in [4.78, 5) is 42.8. The first kappa shape index (κ1) is 16.1. The Hall–Kier alpha value is -2.97. The van der Waals surface area contributed by atoms with Crippen LogP contribution >= 0.6 is 0 Å². The molecule has 21 heavy (non-hydrogen) atoms. The molecule has 1 aromatic carbocycles. The van der Waals surface area contributed by atoms with Gasteiger partial charge in [0.15, 0.2) is 0 Å². The van der Waals surface area contributed by atoms with Crippen molar-refractivity contribution in [3.05, 3.63) is 39.9 Å². The lowest BCUT2D eigenvalue weighted by molar-refractivity contribution is -0.384. The number of carboxylic acids is 2. The van der Waals surface area contributed by atoms with Gasteiger partial charge < -0.3 is 15.5 Å². The maximum absolute atomic E-state index is 11.6. The number of hydrogen-bond acceptors (Lipinski definition) is 5. The van der Waals surface area contributed by atoms with E-state index in [-0.39, 0.29) is 12.1 Å². The second-order valence-electron chi connectivity index (χ2n) is 4.16. The van der Waals surface area contributed by atoms with Crippen molar-refractivity contribution >= 4 is 23.5 Å². The van der Waals surface area contributed by atoms with Crippen molar-refractivity contribution in [1.82, 2.24) is 5.32 Å². The number of hydrogen-bond donors (Lipinski definition) is 3. The van der Waals surface area contributed by atoms with Gasteiger partial charge in [-0.25, -0.2) is 4.79 Å². The van der Waals surface area contributed by atoms with E-state index >= 15 is 0 Å². The Morgan fingerprint density at radius 3 is 2.19 bits per heavy atom. The number of carbonyl (C=O) groups excluding carboxylic acids is 1. The number of carboxylic acid groups (broad SMARTS) is 2. The van der Waals surface area contributed by atoms with Gasteiger partial charge in [0, 0.05) is 12.1 Å². The highest BCUT2D eigenvalue weighted by molar-refractivity contribution is 5.87. The van der Waals surface area contributed by atoms with Crippen molar-refractivity contribution in [2.45, 2.75) is 18.9 Å². The molecule has 0 aliphatic carbocycles. The number of nitrogens with zero attached hydrogens (tertiary/aromatic N) is 1. The first-order valence-electron chi connectivity index (χ1n) is 5.77. The number of benzene rings is 1. The number of rotatable bonds is 7. The van der Waals surface area contributed by atoms with Crippen molar-refractivity contribution in [3.8, 4) is 0 Å². The molecule has 0 saturated carbocycles. The van der Waals surface area contributed by atoms with E-state index in [9.17, 15) is 24.5 Å². The van der Waals surface area contributed by atoms with E-state index in [1.165, 1.54) is 24.3 Å². The normalized spacial score (nSPS) is 11.4. The molecular formula is C12H12N2O7. The van der Waals surface area contributed by atoms with Crippen LogP contribution in [0, 0.1) is 10.1 Å². The SMILES string of the molecule is O=C(O)C[C@@H](NC(=O)Cc1ccc([N+](=O)[O-])cc1)C(=O)O. The number of nitro benzene ring substituents is 1. The van der Waals surface area contributed by atoms with Gasteiger partial charge in [-0.3, -0.25) is 19.7 Å². The van der Waals surface area contributed by atoms with E-state index in [0.717, 1.165) is 0 Å². The fraction of sp³-hybridized carbons (Fsp3) is 0.250. The maximum Gasteiger partial charge on any atom is 0.326 e. The Morgan fingerprint density at radius 2 is 1.76 bits per heavy atom. The molecule has 1 amide bonds. The zero-order valence-corrected chi connectivity index (χ0v) is 10.7. The molecule has 112 valence electrons. The Labute approximate surface area is 118 Å². The zero-order valence-electron chi connectivity index (χ0n) is 10.7. The van der Waals surface area contributed by atoms with Crippen LogP contribution in [0.3, 0.4) is 0 Å². The maximum atomic E-state index is 11.6. The molecule has 1 aromatic rings. The minimum atomic E-state index is -1.52. The van der Waals surface area contributed by atoms with Crippen LogP contribution in [0.2, 0.25) is 0 Å². The van der Waals surface area contributed by atoms with E-state index < -0.39 is 35.2 Å². The van der Waals surface area contributed by atoms with Crippen LogP contribution in [0.5, 0.6) is 0 Å². The topological polar surface area (TPSA) is 147 Å². The average molecular weight is 296 g/mol. The van der Waals surface area contributed by atoms with Gasteiger partial charge in [-0.1, -0.05) is 12.1 Å². The highest BCUT2D eigenvalue weighted by Crippen LogP contribution is 2.12. The highest BCUT2D eigenvalue weighted by Gasteiger charge is 2.23. The van der Waals surface area contributed by atoms with Crippen molar-refractivity contribution in [1.29, 1.82) is 0 Å². The molecule has 0 radical (unpaired) electrons. The van der Waals surface area contributed by atoms with Crippen LogP contribution in [-0.2, 0) is 20.8 Å². The predicted molar refractivity (Wildman–Crippen MR) is 68.6 cm³/mol. The molecule has 0 unspecified atom stereocenters. The second kappa shape index (κ2) is 6.98. The van der Waals surface area contributed by atoms with Crippen molar-refractivity contribution < 1.29 is 29.5 Å². The van der Waals surface area contributed by atoms with Crippen molar-refractivity contribution in [3.63, 3.8) is 0 Å². The van der Waals surface area contributed by atoms with Gasteiger partial charge in [0.25, 0.3) is 5.69 Å². The standard InChI is InChI=1S/C12H12N2O7/c15-10(13-9(12(18)19)6-11(16)17)5-7-1-3-8(4-2-7)14(20)21/h1-4,9H,5-6H2,(H,13,15)(H,16,17)(H,18,19)/t9-/m1/s1. The van der Waals surface area contributed by atoms with E-state index in [1.54, 1.807) is 0 Å². The smallest absolute Gasteiger partial charge is 0.326 e. The third-order valence-corrected chi connectivity index (χ3v) is 2.52. The summed E-state index contributed by atoms with van der Waals surface area (Å²) in [7, 11) is 0. The van der Waals surface area contributed by atoms with Gasteiger partial charge >= 0.3 is 11.9 Å². The largest absolute Gasteiger partial charge is 0.481 e. The number of aliphatic carboxylic acids is 2. The van der Waals surface area contributed by atoms with E-state index in [4.69, 9.17) is 10.2 Å². The average Bonchev–Trinajstić information content (AvgIpc) is 2.37. The Morgan fingerprint density at radius 1 is 1.19 bits per heavy atom. The van der Waals surface area contributed by atoms with Gasteiger partial charge in [-0.05, 0) is 5.56 Å². The monoisotopic (exact) mass is 296 g/mol. The van der Waals surface area contributed by atoms with E-state index in [2.05, 4.69) is 5.32 Å². The minimum absolute atomic E-state index is 0.131. The van der Waals surface area contributed by atoms with Gasteiger partial charge in [0.2, 0.25) is 5.91 Å². The molecule has 0 bridgehead atoms. The van der Waals surface area contributed by atoms with Gasteiger partial charge in [0.05, 0.1) is 17.8 Å². The van der Waals surface area contributed by atoms with Crippen molar-refractivity contribution in [2.75, 3.05) is 0 Å². The van der Waals surface area contributed by atoms with Crippen LogP contribution < -0.4 is 5.32 Å². The lowest BCUT2D eigenvalue weighted by atomic mass is 10.1. The molecule has 0 saturated heterocycles. The molecule has 0 aliphatic rings. The molecule has 0 aliphatic heterocycles. The first-order chi connectivity index (χ1) is 9.79. The molecule has 3 N–H and O–H groups in total. The van der Waals surface area contributed by atoms with Crippen LogP contribution in [0.25, 0.3) is 0 Å². The summed E-state index contributed by atoms with van der Waals surface area (Å²) < 4.78 is 0. The lowest BCUT2D eigenvalue weighted by Crippen LogP contribution is -2.42. The third kappa shape index (κ3) is 5.27.